The predicted octanol–water partition coefficient (Wildman–Crippen LogP) is 2.66. The second kappa shape index (κ2) is 3.58. The monoisotopic (exact) mass is 338 g/mol. The average molecular weight is 340 g/mol. The maximum absolute atomic E-state index is 3.89. The van der Waals surface area contributed by atoms with Crippen LogP contribution in [0.1, 0.15) is 0 Å². The topological polar surface area (TPSA) is 0 Å². The largest absolute Gasteiger partial charge is 0.176 e. The average Bonchev–Trinajstić information content (AvgIpc) is 2.55. The van der Waals surface area contributed by atoms with Gasteiger partial charge in [-0.1, -0.05) is 52.3 Å². The van der Waals surface area contributed by atoms with Crippen molar-refractivity contribution in [1.82, 2.24) is 0 Å². The van der Waals surface area contributed by atoms with Gasteiger partial charge in [0, 0.05) is 4.47 Å². The van der Waals surface area contributed by atoms with Crippen LogP contribution >= 0.6 is 31.2 Å². The van der Waals surface area contributed by atoms with Crippen molar-refractivity contribution in [3.05, 3.63) is 46.9 Å². The van der Waals surface area contributed by atoms with Gasteiger partial charge in [0.05, 0.1) is 0 Å². The fourth-order valence-corrected chi connectivity index (χ4v) is 7.27. The maximum atomic E-state index is 3.89. The van der Waals surface area contributed by atoms with Crippen LogP contribution in [-0.4, -0.2) is 7.42 Å². The quantitative estimate of drug-likeness (QED) is 0.511. The number of fused-ring (bicyclic) bond motifs is 3. The highest BCUT2D eigenvalue weighted by molar-refractivity contribution is 9.25. The van der Waals surface area contributed by atoms with Gasteiger partial charge in [-0.15, -0.1) is 15.3 Å². The lowest BCUT2D eigenvalue weighted by Crippen LogP contribution is -2.31. The number of hydrogen-bond acceptors (Lipinski definition) is 0. The molecular formula is C12H8Br2Si. The summed E-state index contributed by atoms with van der Waals surface area (Å²) in [5.41, 5.74) is 2.79. The minimum Gasteiger partial charge on any atom is -0.119 e. The van der Waals surface area contributed by atoms with Gasteiger partial charge in [-0.3, -0.25) is 0 Å². The van der Waals surface area contributed by atoms with E-state index in [1.807, 2.05) is 0 Å². The standard InChI is InChI=1S/C12H8Br2Si/c13-9-5-3-7-11-12(9)8-4-1-2-6-10(8)15(11)14/h1-7,15H. The van der Waals surface area contributed by atoms with E-state index >= 15 is 0 Å². The molecule has 2 aromatic rings. The molecule has 0 saturated carbocycles. The number of halogens is 2. The van der Waals surface area contributed by atoms with Gasteiger partial charge >= 0.3 is 0 Å². The Bertz CT molecular complexity index is 537. The Hall–Kier alpha value is -0.383. The van der Waals surface area contributed by atoms with Gasteiger partial charge in [0.2, 0.25) is 0 Å². The lowest BCUT2D eigenvalue weighted by atomic mass is 10.1. The van der Waals surface area contributed by atoms with E-state index in [1.165, 1.54) is 26.0 Å². The molecule has 1 aliphatic rings. The van der Waals surface area contributed by atoms with Crippen molar-refractivity contribution in [3.63, 3.8) is 0 Å². The molecular weight excluding hydrogens is 332 g/mol. The van der Waals surface area contributed by atoms with E-state index in [2.05, 4.69) is 73.7 Å². The zero-order chi connectivity index (χ0) is 10.4. The Morgan fingerprint density at radius 3 is 2.47 bits per heavy atom. The summed E-state index contributed by atoms with van der Waals surface area (Å²) in [6.45, 7) is 0. The summed E-state index contributed by atoms with van der Waals surface area (Å²) in [6.07, 6.45) is 0. The number of benzene rings is 2. The van der Waals surface area contributed by atoms with Crippen molar-refractivity contribution >= 4 is 49.0 Å². The van der Waals surface area contributed by atoms with Crippen LogP contribution in [0.4, 0.5) is 0 Å². The van der Waals surface area contributed by atoms with Crippen molar-refractivity contribution in [3.8, 4) is 11.1 Å². The molecule has 3 heteroatoms. The molecule has 1 heterocycles. The van der Waals surface area contributed by atoms with Crippen LogP contribution in [0.3, 0.4) is 0 Å². The molecule has 15 heavy (non-hydrogen) atoms. The van der Waals surface area contributed by atoms with Gasteiger partial charge in [0.1, 0.15) is 0 Å². The minimum absolute atomic E-state index is 1.09. The van der Waals surface area contributed by atoms with E-state index in [1.54, 1.807) is 0 Å². The molecule has 1 atom stereocenters. The van der Waals surface area contributed by atoms with E-state index in [0.29, 0.717) is 0 Å². The van der Waals surface area contributed by atoms with Gasteiger partial charge in [-0.2, -0.15) is 0 Å². The second-order valence-electron chi connectivity index (χ2n) is 3.65. The molecule has 0 fully saturated rings. The molecule has 3 rings (SSSR count). The molecule has 0 spiro atoms. The summed E-state index contributed by atoms with van der Waals surface area (Å²) in [5, 5.41) is 2.99. The van der Waals surface area contributed by atoms with Crippen molar-refractivity contribution in [1.29, 1.82) is 0 Å². The third-order valence-corrected chi connectivity index (χ3v) is 8.52. The normalized spacial score (nSPS) is 17.3. The highest BCUT2D eigenvalue weighted by Gasteiger charge is 2.28. The van der Waals surface area contributed by atoms with Crippen LogP contribution < -0.4 is 10.4 Å². The summed E-state index contributed by atoms with van der Waals surface area (Å²) in [6, 6.07) is 15.2. The van der Waals surface area contributed by atoms with E-state index in [4.69, 9.17) is 0 Å². The van der Waals surface area contributed by atoms with Crippen molar-refractivity contribution < 1.29 is 0 Å². The molecule has 1 aliphatic heterocycles. The Morgan fingerprint density at radius 2 is 1.60 bits per heavy atom. The molecule has 0 aliphatic carbocycles. The van der Waals surface area contributed by atoms with Gasteiger partial charge in [-0.25, -0.2) is 0 Å². The Balaban J connectivity index is 2.39. The lowest BCUT2D eigenvalue weighted by molar-refractivity contribution is 1.66. The molecule has 0 aromatic heterocycles. The SMILES string of the molecule is Brc1cccc2c1-c1ccccc1[SiH]2Br. The summed E-state index contributed by atoms with van der Waals surface area (Å²) in [4.78, 5) is 0. The highest BCUT2D eigenvalue weighted by atomic mass is 79.9. The first-order valence-electron chi connectivity index (χ1n) is 4.81. The molecule has 1 unspecified atom stereocenters. The Labute approximate surface area is 107 Å². The molecule has 0 amide bonds. The van der Waals surface area contributed by atoms with Crippen LogP contribution in [0.2, 0.25) is 0 Å². The second-order valence-corrected chi connectivity index (χ2v) is 9.22. The van der Waals surface area contributed by atoms with Gasteiger partial charge in [-0.05, 0) is 27.6 Å². The van der Waals surface area contributed by atoms with Gasteiger partial charge in [0.25, 0.3) is 0 Å². The first kappa shape index (κ1) is 9.82. The van der Waals surface area contributed by atoms with Crippen LogP contribution in [0, 0.1) is 0 Å². The fourth-order valence-electron chi connectivity index (χ4n) is 2.15. The lowest BCUT2D eigenvalue weighted by Gasteiger charge is -2.03. The van der Waals surface area contributed by atoms with Gasteiger partial charge in [0.15, 0.2) is 7.42 Å². The minimum atomic E-state index is -1.09. The summed E-state index contributed by atoms with van der Waals surface area (Å²) in [7, 11) is -1.09. The van der Waals surface area contributed by atoms with Crippen molar-refractivity contribution in [2.45, 2.75) is 0 Å². The number of rotatable bonds is 0. The first-order valence-corrected chi connectivity index (χ1v) is 9.94. The third-order valence-electron chi connectivity index (χ3n) is 2.82. The van der Waals surface area contributed by atoms with Crippen LogP contribution in [0.15, 0.2) is 46.9 Å². The smallest absolute Gasteiger partial charge is 0.119 e. The molecule has 0 saturated heterocycles. The van der Waals surface area contributed by atoms with E-state index < -0.39 is 7.42 Å². The predicted molar refractivity (Wildman–Crippen MR) is 74.9 cm³/mol. The molecule has 74 valence electrons. The first-order chi connectivity index (χ1) is 7.29. The Morgan fingerprint density at radius 1 is 0.867 bits per heavy atom. The van der Waals surface area contributed by atoms with Crippen LogP contribution in [0.5, 0.6) is 0 Å². The summed E-state index contributed by atoms with van der Waals surface area (Å²) < 4.78 is 1.21. The molecule has 2 aromatic carbocycles. The maximum Gasteiger partial charge on any atom is 0.176 e. The van der Waals surface area contributed by atoms with Gasteiger partial charge < -0.3 is 0 Å². The van der Waals surface area contributed by atoms with Crippen LogP contribution in [0.25, 0.3) is 11.1 Å². The Kier molecular flexibility index (Phi) is 2.34. The highest BCUT2D eigenvalue weighted by Crippen LogP contribution is 2.31. The number of hydrogen-bond donors (Lipinski definition) is 0. The van der Waals surface area contributed by atoms with E-state index in [9.17, 15) is 0 Å². The zero-order valence-corrected chi connectivity index (χ0v) is 12.2. The molecule has 0 bridgehead atoms. The third kappa shape index (κ3) is 1.37. The van der Waals surface area contributed by atoms with Crippen molar-refractivity contribution in [2.75, 3.05) is 0 Å². The summed E-state index contributed by atoms with van der Waals surface area (Å²) >= 11 is 7.53. The fraction of sp³-hybridized carbons (Fsp3) is 0. The summed E-state index contributed by atoms with van der Waals surface area (Å²) in [5.74, 6) is 0. The molecule has 0 radical (unpaired) electrons. The zero-order valence-electron chi connectivity index (χ0n) is 7.87. The van der Waals surface area contributed by atoms with E-state index in [-0.39, 0.29) is 0 Å². The van der Waals surface area contributed by atoms with E-state index in [0.717, 1.165) is 0 Å². The molecule has 0 nitrogen and oxygen atoms in total. The van der Waals surface area contributed by atoms with Crippen molar-refractivity contribution in [2.24, 2.45) is 0 Å². The van der Waals surface area contributed by atoms with Crippen LogP contribution in [-0.2, 0) is 0 Å². The molecule has 0 N–H and O–H groups in total.